The van der Waals surface area contributed by atoms with Crippen molar-refractivity contribution in [3.8, 4) is 6.07 Å². The van der Waals surface area contributed by atoms with Crippen molar-refractivity contribution < 1.29 is 24.5 Å². The van der Waals surface area contributed by atoms with Crippen molar-refractivity contribution in [1.29, 1.82) is 5.26 Å². The number of nitrogens with two attached hydrogens (primary N) is 3. The first-order valence-corrected chi connectivity index (χ1v) is 8.22. The number of hydrogen-bond donors (Lipinski definition) is 5. The maximum absolute atomic E-state index is 12.1. The minimum absolute atomic E-state index is 0.0134. The lowest BCUT2D eigenvalue weighted by molar-refractivity contribution is -0.146. The normalized spacial score (nSPS) is 22.5. The largest absolute Gasteiger partial charge is 0.508 e. The van der Waals surface area contributed by atoms with Crippen molar-refractivity contribution in [2.24, 2.45) is 17.4 Å². The first kappa shape index (κ1) is 20.7. The summed E-state index contributed by atoms with van der Waals surface area (Å²) in [6.07, 6.45) is 0.804. The van der Waals surface area contributed by atoms with Crippen LogP contribution in [0, 0.1) is 17.2 Å². The van der Waals surface area contributed by atoms with Gasteiger partial charge in [-0.05, 0) is 12.5 Å². The van der Waals surface area contributed by atoms with Crippen LogP contribution in [0.2, 0.25) is 0 Å². The molecular weight excluding hydrogens is 372 g/mol. The number of nitriles is 1. The number of nitrogen functional groups attached to an aromatic ring is 1. The fourth-order valence-electron chi connectivity index (χ4n) is 2.87. The Morgan fingerprint density at radius 3 is 2.75 bits per heavy atom. The number of hydrogen-bond acceptors (Lipinski definition) is 10. The van der Waals surface area contributed by atoms with Crippen LogP contribution in [-0.4, -0.2) is 44.3 Å². The van der Waals surface area contributed by atoms with E-state index in [4.69, 9.17) is 21.9 Å². The van der Waals surface area contributed by atoms with Crippen LogP contribution in [-0.2, 0) is 19.9 Å². The van der Waals surface area contributed by atoms with Crippen LogP contribution in [0.5, 0.6) is 0 Å². The summed E-state index contributed by atoms with van der Waals surface area (Å²) in [6.45, 7) is -0.403. The Labute approximate surface area is 158 Å². The molecule has 2 rings (SSSR count). The molecule has 150 valence electrons. The molecule has 0 saturated carbocycles. The van der Waals surface area contributed by atoms with E-state index in [2.05, 4.69) is 4.98 Å². The summed E-state index contributed by atoms with van der Waals surface area (Å²) < 4.78 is 5.85. The summed E-state index contributed by atoms with van der Waals surface area (Å²) in [4.78, 5) is 38.2. The minimum Gasteiger partial charge on any atom is -0.508 e. The van der Waals surface area contributed by atoms with Crippen LogP contribution in [0.1, 0.15) is 19.3 Å². The van der Waals surface area contributed by atoms with Crippen molar-refractivity contribution in [3.05, 3.63) is 34.3 Å². The molecule has 0 aromatic carbocycles. The van der Waals surface area contributed by atoms with Crippen LogP contribution in [0.25, 0.3) is 0 Å². The topological polar surface area (TPSA) is 221 Å². The Hall–Kier alpha value is -3.59. The number of carbonyl (C=O) groups excluding carboxylic acids is 2. The third-order valence-corrected chi connectivity index (χ3v) is 4.42. The highest BCUT2D eigenvalue weighted by atomic mass is 16.5. The number of aromatic nitrogens is 2. The van der Waals surface area contributed by atoms with E-state index in [0.717, 1.165) is 4.57 Å². The molecule has 1 heterocycles. The van der Waals surface area contributed by atoms with E-state index < -0.39 is 53.2 Å². The fraction of sp³-hybridized carbons (Fsp3) is 0.438. The molecule has 0 aliphatic heterocycles. The first-order chi connectivity index (χ1) is 13.1. The molecule has 1 aromatic rings. The van der Waals surface area contributed by atoms with Gasteiger partial charge in [0.25, 0.3) is 0 Å². The van der Waals surface area contributed by atoms with Crippen LogP contribution in [0.15, 0.2) is 28.6 Å². The molecule has 8 N–H and O–H groups in total. The summed E-state index contributed by atoms with van der Waals surface area (Å²) in [5, 5.41) is 30.1. The molecule has 0 spiro atoms. The number of aliphatic hydroxyl groups excluding tert-OH is 2. The molecule has 0 bridgehead atoms. The van der Waals surface area contributed by atoms with Gasteiger partial charge in [-0.15, -0.1) is 0 Å². The smallest absolute Gasteiger partial charge is 0.351 e. The van der Waals surface area contributed by atoms with E-state index in [0.29, 0.717) is 0 Å². The van der Waals surface area contributed by atoms with Gasteiger partial charge in [-0.2, -0.15) is 10.2 Å². The average Bonchev–Trinajstić information content (AvgIpc) is 2.89. The van der Waals surface area contributed by atoms with Crippen LogP contribution in [0.3, 0.4) is 0 Å². The maximum atomic E-state index is 12.1. The van der Waals surface area contributed by atoms with E-state index in [-0.39, 0.29) is 25.1 Å². The summed E-state index contributed by atoms with van der Waals surface area (Å²) >= 11 is 0. The number of rotatable bonds is 7. The zero-order valence-corrected chi connectivity index (χ0v) is 14.7. The third kappa shape index (κ3) is 3.89. The van der Waals surface area contributed by atoms with Crippen molar-refractivity contribution in [2.45, 2.75) is 30.8 Å². The van der Waals surface area contributed by atoms with E-state index >= 15 is 0 Å². The lowest BCUT2D eigenvalue weighted by Gasteiger charge is -2.24. The Balaban J connectivity index is 2.16. The van der Waals surface area contributed by atoms with E-state index in [1.54, 1.807) is 6.07 Å². The Kier molecular flexibility index (Phi) is 5.90. The number of esters is 1. The Bertz CT molecular complexity index is 919. The molecule has 1 unspecified atom stereocenters. The Morgan fingerprint density at radius 2 is 2.18 bits per heavy atom. The van der Waals surface area contributed by atoms with Gasteiger partial charge < -0.3 is 32.2 Å². The highest BCUT2D eigenvalue weighted by Crippen LogP contribution is 2.41. The fourth-order valence-corrected chi connectivity index (χ4v) is 2.87. The molecular formula is C16H20N6O6. The molecule has 0 radical (unpaired) electrons. The van der Waals surface area contributed by atoms with Gasteiger partial charge in [-0.25, -0.2) is 4.79 Å². The van der Waals surface area contributed by atoms with Crippen molar-refractivity contribution >= 4 is 17.7 Å². The van der Waals surface area contributed by atoms with Crippen LogP contribution >= 0.6 is 0 Å². The van der Waals surface area contributed by atoms with Crippen molar-refractivity contribution in [2.75, 3.05) is 12.3 Å². The molecule has 1 aromatic heterocycles. The lowest BCUT2D eigenvalue weighted by atomic mass is 9.95. The van der Waals surface area contributed by atoms with Gasteiger partial charge in [0.2, 0.25) is 5.91 Å². The number of primary amides is 1. The lowest BCUT2D eigenvalue weighted by Crippen LogP contribution is -2.41. The third-order valence-electron chi connectivity index (χ3n) is 4.42. The van der Waals surface area contributed by atoms with Crippen molar-refractivity contribution in [3.63, 3.8) is 0 Å². The number of allylic oxidation sites excluding steroid dienone is 1. The van der Waals surface area contributed by atoms with Gasteiger partial charge in [0, 0.05) is 19.0 Å². The molecule has 1 amide bonds. The molecule has 3 atom stereocenters. The molecule has 1 aliphatic rings. The summed E-state index contributed by atoms with van der Waals surface area (Å²) in [6, 6.07) is 1.97. The molecule has 0 fully saturated rings. The predicted octanol–water partition coefficient (Wildman–Crippen LogP) is -1.47. The maximum Gasteiger partial charge on any atom is 0.351 e. The number of anilines is 1. The van der Waals surface area contributed by atoms with Gasteiger partial charge in [0.1, 0.15) is 24.2 Å². The second kappa shape index (κ2) is 7.97. The highest BCUT2D eigenvalue weighted by molar-refractivity contribution is 5.78. The second-order valence-electron chi connectivity index (χ2n) is 6.35. The summed E-state index contributed by atoms with van der Waals surface area (Å²) in [7, 11) is 0. The van der Waals surface area contributed by atoms with Crippen LogP contribution in [0.4, 0.5) is 5.82 Å². The van der Waals surface area contributed by atoms with Crippen molar-refractivity contribution in [1.82, 2.24) is 9.55 Å². The van der Waals surface area contributed by atoms with Gasteiger partial charge in [0.15, 0.2) is 11.3 Å². The standard InChI is InChI=1S/C16H20N6O6/c17-7-16(22-4-3-10(19)21-15(22)27)5-8(12(24)13(16)25)6-28-14(26)9(18)1-2-11(20)23/h3-4,8-9,24-25H,1-2,5-6,18H2,(H2,20,23)(H2,19,21,27)/t8-,9-,16?/m1/s1. The van der Waals surface area contributed by atoms with Crippen LogP contribution < -0.4 is 22.9 Å². The molecule has 0 saturated heterocycles. The SMILES string of the molecule is N#CC1(n2ccc(N)nc2=O)C[C@H](COC(=O)[C@H](N)CCC(N)=O)C(O)=C1O. The molecule has 12 heteroatoms. The van der Waals surface area contributed by atoms with Gasteiger partial charge in [-0.1, -0.05) is 0 Å². The zero-order chi connectivity index (χ0) is 21.1. The predicted molar refractivity (Wildman–Crippen MR) is 94.2 cm³/mol. The number of amides is 1. The zero-order valence-electron chi connectivity index (χ0n) is 14.7. The van der Waals surface area contributed by atoms with Gasteiger partial charge >= 0.3 is 11.7 Å². The quantitative estimate of drug-likeness (QED) is 0.339. The molecule has 12 nitrogen and oxygen atoms in total. The molecule has 28 heavy (non-hydrogen) atoms. The molecule has 1 aliphatic carbocycles. The summed E-state index contributed by atoms with van der Waals surface area (Å²) in [5.74, 6) is -3.83. The number of carbonyl (C=O) groups is 2. The number of ether oxygens (including phenoxy) is 1. The number of aliphatic hydroxyl groups is 2. The summed E-state index contributed by atoms with van der Waals surface area (Å²) in [5.41, 5.74) is 13.2. The van der Waals surface area contributed by atoms with E-state index in [9.17, 15) is 29.9 Å². The van der Waals surface area contributed by atoms with Gasteiger partial charge in [0.05, 0.1) is 12.0 Å². The van der Waals surface area contributed by atoms with E-state index in [1.807, 2.05) is 0 Å². The average molecular weight is 392 g/mol. The second-order valence-corrected chi connectivity index (χ2v) is 6.35. The minimum atomic E-state index is -1.92. The monoisotopic (exact) mass is 392 g/mol. The number of nitrogens with zero attached hydrogens (tertiary/aromatic N) is 3. The van der Waals surface area contributed by atoms with E-state index in [1.165, 1.54) is 12.3 Å². The highest BCUT2D eigenvalue weighted by Gasteiger charge is 2.50. The Morgan fingerprint density at radius 1 is 1.50 bits per heavy atom. The van der Waals surface area contributed by atoms with Gasteiger partial charge in [-0.3, -0.25) is 14.2 Å². The first-order valence-electron chi connectivity index (χ1n) is 8.22.